The van der Waals surface area contributed by atoms with Crippen molar-refractivity contribution in [3.63, 3.8) is 0 Å². The van der Waals surface area contributed by atoms with E-state index in [9.17, 15) is 4.79 Å². The number of carbonyl (C=O) groups excluding carboxylic acids is 1. The molecule has 20 heavy (non-hydrogen) atoms. The van der Waals surface area contributed by atoms with Gasteiger partial charge in [0.05, 0.1) is 12.5 Å². The molecule has 6 nitrogen and oxygen atoms in total. The predicted molar refractivity (Wildman–Crippen MR) is 74.9 cm³/mol. The van der Waals surface area contributed by atoms with E-state index in [0.717, 1.165) is 24.0 Å². The molecule has 2 rings (SSSR count). The maximum absolute atomic E-state index is 12.1. The first-order valence-corrected chi connectivity index (χ1v) is 6.77. The number of aryl methyl sites for hydroxylation is 1. The van der Waals surface area contributed by atoms with Gasteiger partial charge >= 0.3 is 0 Å². The van der Waals surface area contributed by atoms with Crippen molar-refractivity contribution in [1.82, 2.24) is 25.9 Å². The summed E-state index contributed by atoms with van der Waals surface area (Å²) < 4.78 is 0. The molecule has 0 unspecified atom stereocenters. The number of aromatic nitrogens is 4. The zero-order valence-corrected chi connectivity index (χ0v) is 11.8. The molecule has 2 aromatic rings. The number of H-pyrrole nitrogens is 1. The zero-order chi connectivity index (χ0) is 14.4. The molecule has 0 aliphatic rings. The highest BCUT2D eigenvalue weighted by Gasteiger charge is 2.17. The highest BCUT2D eigenvalue weighted by atomic mass is 16.1. The van der Waals surface area contributed by atoms with Crippen LogP contribution >= 0.6 is 0 Å². The summed E-state index contributed by atoms with van der Waals surface area (Å²) in [5.41, 5.74) is 2.16. The van der Waals surface area contributed by atoms with Crippen molar-refractivity contribution in [1.29, 1.82) is 0 Å². The lowest BCUT2D eigenvalue weighted by Gasteiger charge is -2.14. The fourth-order valence-electron chi connectivity index (χ4n) is 2.12. The fourth-order valence-corrected chi connectivity index (χ4v) is 2.12. The van der Waals surface area contributed by atoms with Crippen LogP contribution in [0.15, 0.2) is 24.3 Å². The molecule has 1 aromatic heterocycles. The Kier molecular flexibility index (Phi) is 4.81. The summed E-state index contributed by atoms with van der Waals surface area (Å²) in [6.07, 6.45) is 2.09. The maximum atomic E-state index is 12.1. The average Bonchev–Trinajstić information content (AvgIpc) is 2.92. The summed E-state index contributed by atoms with van der Waals surface area (Å²) >= 11 is 0. The molecule has 0 radical (unpaired) electrons. The highest BCUT2D eigenvalue weighted by molar-refractivity contribution is 5.78. The minimum Gasteiger partial charge on any atom is -0.346 e. The van der Waals surface area contributed by atoms with Crippen LogP contribution in [0, 0.1) is 6.92 Å². The number of hydrogen-bond acceptors (Lipinski definition) is 4. The summed E-state index contributed by atoms with van der Waals surface area (Å²) in [5, 5.41) is 16.8. The summed E-state index contributed by atoms with van der Waals surface area (Å²) in [5.74, 6) is 0.503. The Balaban J connectivity index is 1.98. The molecule has 1 atom stereocenters. The molecule has 0 bridgehead atoms. The molecular formula is C14H19N5O. The summed E-state index contributed by atoms with van der Waals surface area (Å²) in [6, 6.07) is 7.76. The van der Waals surface area contributed by atoms with Gasteiger partial charge in [0.1, 0.15) is 0 Å². The van der Waals surface area contributed by atoms with E-state index in [-0.39, 0.29) is 11.9 Å². The van der Waals surface area contributed by atoms with Crippen LogP contribution in [0.3, 0.4) is 0 Å². The van der Waals surface area contributed by atoms with Crippen molar-refractivity contribution in [3.05, 3.63) is 41.2 Å². The van der Waals surface area contributed by atoms with Gasteiger partial charge in [-0.25, -0.2) is 0 Å². The molecule has 6 heteroatoms. The third kappa shape index (κ3) is 3.88. The number of nitrogens with zero attached hydrogens (tertiary/aromatic N) is 3. The lowest BCUT2D eigenvalue weighted by atomic mass is 10.1. The molecule has 0 fully saturated rings. The van der Waals surface area contributed by atoms with Crippen molar-refractivity contribution in [2.75, 3.05) is 0 Å². The molecule has 0 spiro atoms. The number of aromatic amines is 1. The Morgan fingerprint density at radius 2 is 2.30 bits per heavy atom. The van der Waals surface area contributed by atoms with Gasteiger partial charge in [0.25, 0.3) is 0 Å². The van der Waals surface area contributed by atoms with Crippen LogP contribution in [0.25, 0.3) is 0 Å². The van der Waals surface area contributed by atoms with E-state index in [0.29, 0.717) is 12.2 Å². The van der Waals surface area contributed by atoms with Gasteiger partial charge in [0.15, 0.2) is 5.82 Å². The van der Waals surface area contributed by atoms with E-state index in [1.807, 2.05) is 31.2 Å². The second-order valence-electron chi connectivity index (χ2n) is 4.84. The van der Waals surface area contributed by atoms with Crippen molar-refractivity contribution in [2.24, 2.45) is 0 Å². The lowest BCUT2D eigenvalue weighted by Crippen LogP contribution is -2.30. The Labute approximate surface area is 118 Å². The van der Waals surface area contributed by atoms with Crippen LogP contribution in [0.2, 0.25) is 0 Å². The SMILES string of the molecule is CCC[C@@H](NC(=O)Cc1cccc(C)c1)c1nn[nH]n1. The molecular weight excluding hydrogens is 254 g/mol. The second kappa shape index (κ2) is 6.79. The van der Waals surface area contributed by atoms with E-state index in [2.05, 4.69) is 32.9 Å². The first kappa shape index (κ1) is 14.2. The van der Waals surface area contributed by atoms with E-state index in [1.54, 1.807) is 0 Å². The largest absolute Gasteiger partial charge is 0.346 e. The van der Waals surface area contributed by atoms with Gasteiger partial charge in [-0.3, -0.25) is 4.79 Å². The second-order valence-corrected chi connectivity index (χ2v) is 4.84. The first-order chi connectivity index (χ1) is 9.69. The molecule has 2 N–H and O–H groups in total. The molecule has 106 valence electrons. The van der Waals surface area contributed by atoms with Gasteiger partial charge in [0, 0.05) is 0 Å². The van der Waals surface area contributed by atoms with Gasteiger partial charge < -0.3 is 5.32 Å². The Morgan fingerprint density at radius 3 is 2.95 bits per heavy atom. The van der Waals surface area contributed by atoms with Gasteiger partial charge in [-0.2, -0.15) is 5.21 Å². The van der Waals surface area contributed by atoms with Crippen LogP contribution in [0.4, 0.5) is 0 Å². The molecule has 1 amide bonds. The molecule has 1 aromatic carbocycles. The van der Waals surface area contributed by atoms with E-state index in [4.69, 9.17) is 0 Å². The Morgan fingerprint density at radius 1 is 1.45 bits per heavy atom. The first-order valence-electron chi connectivity index (χ1n) is 6.77. The number of rotatable bonds is 6. The number of tetrazole rings is 1. The van der Waals surface area contributed by atoms with Gasteiger partial charge in [-0.15, -0.1) is 10.2 Å². The average molecular weight is 273 g/mol. The molecule has 1 heterocycles. The van der Waals surface area contributed by atoms with Crippen LogP contribution in [-0.2, 0) is 11.2 Å². The van der Waals surface area contributed by atoms with Crippen molar-refractivity contribution in [2.45, 2.75) is 39.2 Å². The van der Waals surface area contributed by atoms with Crippen LogP contribution in [-0.4, -0.2) is 26.5 Å². The van der Waals surface area contributed by atoms with E-state index < -0.39 is 0 Å². The van der Waals surface area contributed by atoms with Crippen molar-refractivity contribution >= 4 is 5.91 Å². The summed E-state index contributed by atoms with van der Waals surface area (Å²) in [6.45, 7) is 4.07. The third-order valence-electron chi connectivity index (χ3n) is 3.03. The molecule has 0 saturated heterocycles. The fraction of sp³-hybridized carbons (Fsp3) is 0.429. The monoisotopic (exact) mass is 273 g/mol. The van der Waals surface area contributed by atoms with Gasteiger partial charge in [-0.1, -0.05) is 48.4 Å². The molecule has 0 saturated carbocycles. The quantitative estimate of drug-likeness (QED) is 0.839. The molecule has 0 aliphatic heterocycles. The number of nitrogens with one attached hydrogen (secondary N) is 2. The van der Waals surface area contributed by atoms with Gasteiger partial charge in [-0.05, 0) is 18.9 Å². The number of amides is 1. The van der Waals surface area contributed by atoms with Crippen LogP contribution in [0.5, 0.6) is 0 Å². The third-order valence-corrected chi connectivity index (χ3v) is 3.03. The zero-order valence-electron chi connectivity index (χ0n) is 11.8. The standard InChI is InChI=1S/C14H19N5O/c1-3-5-12(14-16-18-19-17-14)15-13(20)9-11-7-4-6-10(2)8-11/h4,6-8,12H,3,5,9H2,1-2H3,(H,15,20)(H,16,17,18,19)/t12-/m1/s1. The lowest BCUT2D eigenvalue weighted by molar-refractivity contribution is -0.121. The smallest absolute Gasteiger partial charge is 0.225 e. The normalized spacial score (nSPS) is 12.1. The number of hydrogen-bond donors (Lipinski definition) is 2. The topological polar surface area (TPSA) is 83.6 Å². The number of carbonyl (C=O) groups is 1. The minimum absolute atomic E-state index is 0.0288. The summed E-state index contributed by atoms with van der Waals surface area (Å²) in [7, 11) is 0. The van der Waals surface area contributed by atoms with Crippen LogP contribution < -0.4 is 5.32 Å². The summed E-state index contributed by atoms with van der Waals surface area (Å²) in [4.78, 5) is 12.1. The van der Waals surface area contributed by atoms with Crippen LogP contribution in [0.1, 0.15) is 42.8 Å². The number of benzene rings is 1. The van der Waals surface area contributed by atoms with Crippen molar-refractivity contribution < 1.29 is 4.79 Å². The Bertz CT molecular complexity index is 552. The molecule has 0 aliphatic carbocycles. The minimum atomic E-state index is -0.184. The van der Waals surface area contributed by atoms with Gasteiger partial charge in [0.2, 0.25) is 5.91 Å². The van der Waals surface area contributed by atoms with Crippen molar-refractivity contribution in [3.8, 4) is 0 Å². The Hall–Kier alpha value is -2.24. The predicted octanol–water partition coefficient (Wildman–Crippen LogP) is 1.71. The highest BCUT2D eigenvalue weighted by Crippen LogP contribution is 2.13. The van der Waals surface area contributed by atoms with E-state index in [1.165, 1.54) is 0 Å². The maximum Gasteiger partial charge on any atom is 0.225 e. The van der Waals surface area contributed by atoms with E-state index >= 15 is 0 Å².